The van der Waals surface area contributed by atoms with Gasteiger partial charge >= 0.3 is 10.1 Å². The van der Waals surface area contributed by atoms with Crippen molar-refractivity contribution < 1.29 is 12.6 Å². The molecule has 0 radical (unpaired) electrons. The fourth-order valence-electron chi connectivity index (χ4n) is 3.36. The van der Waals surface area contributed by atoms with Crippen LogP contribution >= 0.6 is 0 Å². The van der Waals surface area contributed by atoms with Crippen molar-refractivity contribution in [2.45, 2.75) is 45.4 Å². The molecule has 0 aromatic heterocycles. The van der Waals surface area contributed by atoms with Crippen molar-refractivity contribution in [1.29, 1.82) is 0 Å². The minimum atomic E-state index is -3.59. The summed E-state index contributed by atoms with van der Waals surface area (Å²) in [6, 6.07) is 24.9. The minimum Gasteiger partial charge on any atom is -0.382 e. The topological polar surface area (TPSA) is 67.4 Å². The molecule has 5 nitrogen and oxygen atoms in total. The Morgan fingerprint density at radius 1 is 0.656 bits per heavy atom. The van der Waals surface area contributed by atoms with Crippen LogP contribution < -0.4 is 14.8 Å². The molecule has 0 bridgehead atoms. The standard InChI is InChI=1S/C26H32N2O3S/c1-2-3-4-5-6-10-20-32(29,30)31-26-15-11-14-25(21-26)28-24-18-16-23(17-19-24)27-22-12-8-7-9-13-22/h7-9,11-19,21,27-28H,2-6,10,20H2,1H3. The van der Waals surface area contributed by atoms with Crippen LogP contribution in [-0.4, -0.2) is 14.2 Å². The van der Waals surface area contributed by atoms with Gasteiger partial charge in [0.15, 0.2) is 0 Å². The molecule has 3 aromatic carbocycles. The summed E-state index contributed by atoms with van der Waals surface area (Å²) in [5.41, 5.74) is 3.68. The largest absolute Gasteiger partial charge is 0.382 e. The van der Waals surface area contributed by atoms with Crippen LogP contribution in [-0.2, 0) is 10.1 Å². The Kier molecular flexibility index (Phi) is 8.99. The third kappa shape index (κ3) is 8.27. The van der Waals surface area contributed by atoms with Crippen LogP contribution in [0.25, 0.3) is 0 Å². The van der Waals surface area contributed by atoms with Gasteiger partial charge in [0.1, 0.15) is 5.75 Å². The number of hydrogen-bond acceptors (Lipinski definition) is 5. The van der Waals surface area contributed by atoms with Crippen LogP contribution in [0.1, 0.15) is 45.4 Å². The van der Waals surface area contributed by atoms with Crippen LogP contribution in [0.15, 0.2) is 78.9 Å². The van der Waals surface area contributed by atoms with Gasteiger partial charge in [-0.05, 0) is 55.0 Å². The second kappa shape index (κ2) is 12.2. The van der Waals surface area contributed by atoms with E-state index in [-0.39, 0.29) is 5.75 Å². The normalized spacial score (nSPS) is 11.2. The Morgan fingerprint density at radius 3 is 1.91 bits per heavy atom. The van der Waals surface area contributed by atoms with Gasteiger partial charge in [0.05, 0.1) is 5.75 Å². The van der Waals surface area contributed by atoms with Crippen molar-refractivity contribution in [3.63, 3.8) is 0 Å². The van der Waals surface area contributed by atoms with Crippen LogP contribution in [0.4, 0.5) is 22.7 Å². The molecule has 3 aromatic rings. The minimum absolute atomic E-state index is 0.0483. The zero-order valence-corrected chi connectivity index (χ0v) is 19.4. The first-order chi connectivity index (χ1) is 15.5. The molecule has 0 spiro atoms. The van der Waals surface area contributed by atoms with E-state index < -0.39 is 10.1 Å². The first-order valence-corrected chi connectivity index (χ1v) is 12.8. The summed E-state index contributed by atoms with van der Waals surface area (Å²) in [6.07, 6.45) is 6.17. The van der Waals surface area contributed by atoms with Gasteiger partial charge in [-0.15, -0.1) is 0 Å². The van der Waals surface area contributed by atoms with E-state index in [0.717, 1.165) is 42.0 Å². The lowest BCUT2D eigenvalue weighted by molar-refractivity contribution is 0.482. The summed E-state index contributed by atoms with van der Waals surface area (Å²) in [6.45, 7) is 2.17. The average molecular weight is 453 g/mol. The lowest BCUT2D eigenvalue weighted by Crippen LogP contribution is -2.13. The maximum atomic E-state index is 12.3. The molecule has 0 saturated heterocycles. The number of nitrogens with one attached hydrogen (secondary N) is 2. The molecule has 0 aliphatic carbocycles. The van der Waals surface area contributed by atoms with Crippen LogP contribution in [0, 0.1) is 0 Å². The zero-order chi connectivity index (χ0) is 22.7. The van der Waals surface area contributed by atoms with Gasteiger partial charge < -0.3 is 14.8 Å². The van der Waals surface area contributed by atoms with Crippen molar-refractivity contribution in [2.75, 3.05) is 16.4 Å². The second-order valence-electron chi connectivity index (χ2n) is 7.83. The van der Waals surface area contributed by atoms with Crippen LogP contribution in [0.5, 0.6) is 5.75 Å². The highest BCUT2D eigenvalue weighted by molar-refractivity contribution is 7.87. The van der Waals surface area contributed by atoms with E-state index in [4.69, 9.17) is 4.18 Å². The Hall–Kier alpha value is -2.99. The van der Waals surface area contributed by atoms with Gasteiger partial charge in [0.25, 0.3) is 0 Å². The molecule has 32 heavy (non-hydrogen) atoms. The molecule has 2 N–H and O–H groups in total. The number of unbranched alkanes of at least 4 members (excludes halogenated alkanes) is 5. The summed E-state index contributed by atoms with van der Waals surface area (Å²) >= 11 is 0. The van der Waals surface area contributed by atoms with Gasteiger partial charge in [-0.2, -0.15) is 8.42 Å². The summed E-state index contributed by atoms with van der Waals surface area (Å²) < 4.78 is 29.9. The van der Waals surface area contributed by atoms with E-state index >= 15 is 0 Å². The maximum absolute atomic E-state index is 12.3. The Labute approximate surface area is 192 Å². The summed E-state index contributed by atoms with van der Waals surface area (Å²) in [5.74, 6) is 0.371. The molecule has 0 aliphatic heterocycles. The van der Waals surface area contributed by atoms with Crippen molar-refractivity contribution in [3.05, 3.63) is 78.9 Å². The van der Waals surface area contributed by atoms with E-state index in [1.54, 1.807) is 18.2 Å². The lowest BCUT2D eigenvalue weighted by atomic mass is 10.1. The average Bonchev–Trinajstić information content (AvgIpc) is 2.78. The van der Waals surface area contributed by atoms with Crippen molar-refractivity contribution in [1.82, 2.24) is 0 Å². The SMILES string of the molecule is CCCCCCCCS(=O)(=O)Oc1cccc(Nc2ccc(Nc3ccccc3)cc2)c1. The van der Waals surface area contributed by atoms with E-state index in [1.165, 1.54) is 12.8 Å². The lowest BCUT2D eigenvalue weighted by Gasteiger charge is -2.11. The number of rotatable bonds is 13. The van der Waals surface area contributed by atoms with Gasteiger partial charge in [0.2, 0.25) is 0 Å². The highest BCUT2D eigenvalue weighted by atomic mass is 32.2. The van der Waals surface area contributed by atoms with E-state index in [9.17, 15) is 8.42 Å². The molecule has 0 amide bonds. The molecule has 6 heteroatoms. The van der Waals surface area contributed by atoms with Crippen molar-refractivity contribution in [2.24, 2.45) is 0 Å². The fraction of sp³-hybridized carbons (Fsp3) is 0.308. The smallest absolute Gasteiger partial charge is 0.309 e. The van der Waals surface area contributed by atoms with Crippen molar-refractivity contribution in [3.8, 4) is 5.75 Å². The number of anilines is 4. The first kappa shape index (κ1) is 23.7. The maximum Gasteiger partial charge on any atom is 0.309 e. The molecule has 0 fully saturated rings. The molecule has 0 aliphatic rings. The van der Waals surface area contributed by atoms with Gasteiger partial charge in [-0.25, -0.2) is 0 Å². The van der Waals surface area contributed by atoms with Crippen LogP contribution in [0.2, 0.25) is 0 Å². The van der Waals surface area contributed by atoms with E-state index in [1.807, 2.05) is 60.7 Å². The second-order valence-corrected chi connectivity index (χ2v) is 9.52. The van der Waals surface area contributed by atoms with Crippen LogP contribution in [0.3, 0.4) is 0 Å². The Bertz CT molecular complexity index is 1050. The predicted molar refractivity (Wildman–Crippen MR) is 134 cm³/mol. The molecule has 170 valence electrons. The predicted octanol–water partition coefficient (Wildman–Crippen LogP) is 7.24. The summed E-state index contributed by atoms with van der Waals surface area (Å²) in [4.78, 5) is 0. The molecular weight excluding hydrogens is 420 g/mol. The monoisotopic (exact) mass is 452 g/mol. The zero-order valence-electron chi connectivity index (χ0n) is 18.6. The number of para-hydroxylation sites is 1. The van der Waals surface area contributed by atoms with E-state index in [2.05, 4.69) is 17.6 Å². The highest BCUT2D eigenvalue weighted by Gasteiger charge is 2.13. The summed E-state index contributed by atoms with van der Waals surface area (Å²) in [7, 11) is -3.59. The Morgan fingerprint density at radius 2 is 1.22 bits per heavy atom. The van der Waals surface area contributed by atoms with Gasteiger partial charge in [0, 0.05) is 28.8 Å². The highest BCUT2D eigenvalue weighted by Crippen LogP contribution is 2.25. The molecule has 0 heterocycles. The third-order valence-corrected chi connectivity index (χ3v) is 6.28. The van der Waals surface area contributed by atoms with E-state index in [0.29, 0.717) is 12.2 Å². The van der Waals surface area contributed by atoms with Gasteiger partial charge in [-0.1, -0.05) is 63.3 Å². The number of benzene rings is 3. The number of hydrogen-bond donors (Lipinski definition) is 2. The molecular formula is C26H32N2O3S. The Balaban J connectivity index is 1.52. The fourth-order valence-corrected chi connectivity index (χ4v) is 4.40. The summed E-state index contributed by atoms with van der Waals surface area (Å²) in [5, 5.41) is 6.64. The third-order valence-electron chi connectivity index (χ3n) is 5.04. The first-order valence-electron chi connectivity index (χ1n) is 11.3. The van der Waals surface area contributed by atoms with Crippen molar-refractivity contribution >= 4 is 32.9 Å². The molecule has 0 unspecified atom stereocenters. The quantitative estimate of drug-likeness (QED) is 0.211. The molecule has 0 saturated carbocycles. The van der Waals surface area contributed by atoms with Gasteiger partial charge in [-0.3, -0.25) is 0 Å². The molecule has 0 atom stereocenters. The molecule has 3 rings (SSSR count).